The molecule has 108 valence electrons. The number of benzene rings is 1. The van der Waals surface area contributed by atoms with E-state index >= 15 is 0 Å². The zero-order chi connectivity index (χ0) is 13.9. The first-order valence-corrected chi connectivity index (χ1v) is 8.08. The van der Waals surface area contributed by atoms with Crippen molar-refractivity contribution in [3.05, 3.63) is 23.8 Å². The van der Waals surface area contributed by atoms with Crippen LogP contribution in [-0.4, -0.2) is 30.4 Å². The van der Waals surface area contributed by atoms with Crippen molar-refractivity contribution in [2.45, 2.75) is 36.8 Å². The summed E-state index contributed by atoms with van der Waals surface area (Å²) in [5.74, 6) is 2.54. The molecule has 3 rings (SSSR count). The van der Waals surface area contributed by atoms with Gasteiger partial charge >= 0.3 is 0 Å². The number of ether oxygens (including phenoxy) is 2. The molecular weight excluding hydrogens is 274 g/mol. The van der Waals surface area contributed by atoms with Crippen molar-refractivity contribution in [2.75, 3.05) is 13.2 Å². The Morgan fingerprint density at radius 3 is 3.00 bits per heavy atom. The number of carbonyl (C=O) groups is 1. The molecular formula is C15H19NO3S. The summed E-state index contributed by atoms with van der Waals surface area (Å²) in [6.45, 7) is 3.14. The van der Waals surface area contributed by atoms with Gasteiger partial charge < -0.3 is 14.8 Å². The maximum Gasteiger partial charge on any atom is 0.233 e. The third-order valence-electron chi connectivity index (χ3n) is 3.43. The van der Waals surface area contributed by atoms with E-state index in [0.717, 1.165) is 35.7 Å². The van der Waals surface area contributed by atoms with Gasteiger partial charge in [0.25, 0.3) is 0 Å². The summed E-state index contributed by atoms with van der Waals surface area (Å²) < 4.78 is 11.2. The van der Waals surface area contributed by atoms with Crippen LogP contribution < -0.4 is 14.8 Å². The Morgan fingerprint density at radius 1 is 1.40 bits per heavy atom. The minimum Gasteiger partial charge on any atom is -0.486 e. The predicted molar refractivity (Wildman–Crippen MR) is 79.4 cm³/mol. The van der Waals surface area contributed by atoms with Gasteiger partial charge in [0, 0.05) is 17.4 Å². The van der Waals surface area contributed by atoms with Crippen molar-refractivity contribution in [3.63, 3.8) is 0 Å². The highest BCUT2D eigenvalue weighted by Gasteiger charge is 2.26. The largest absolute Gasteiger partial charge is 0.486 e. The molecule has 1 fully saturated rings. The molecule has 1 heterocycles. The molecule has 0 spiro atoms. The van der Waals surface area contributed by atoms with E-state index in [4.69, 9.17) is 9.47 Å². The number of hydrogen-bond donors (Lipinski definition) is 1. The van der Waals surface area contributed by atoms with Gasteiger partial charge in [0.2, 0.25) is 5.91 Å². The fraction of sp³-hybridized carbons (Fsp3) is 0.533. The molecule has 1 saturated carbocycles. The summed E-state index contributed by atoms with van der Waals surface area (Å²) in [7, 11) is 0. The van der Waals surface area contributed by atoms with Crippen molar-refractivity contribution in [3.8, 4) is 11.5 Å². The van der Waals surface area contributed by atoms with Gasteiger partial charge in [-0.25, -0.2) is 0 Å². The Bertz CT molecular complexity index is 502. The van der Waals surface area contributed by atoms with Crippen LogP contribution in [0.5, 0.6) is 11.5 Å². The molecule has 1 amide bonds. The van der Waals surface area contributed by atoms with Crippen LogP contribution in [0.25, 0.3) is 0 Å². The first kappa shape index (κ1) is 13.6. The topological polar surface area (TPSA) is 47.6 Å². The molecule has 1 aromatic carbocycles. The minimum absolute atomic E-state index is 0.0454. The van der Waals surface area contributed by atoms with Gasteiger partial charge in [-0.2, -0.15) is 0 Å². The lowest BCUT2D eigenvalue weighted by atomic mass is 10.2. The molecule has 1 aliphatic carbocycles. The first-order chi connectivity index (χ1) is 9.74. The third-order valence-corrected chi connectivity index (χ3v) is 4.62. The smallest absolute Gasteiger partial charge is 0.233 e. The van der Waals surface area contributed by atoms with Gasteiger partial charge in [0.05, 0.1) is 5.25 Å². The molecule has 20 heavy (non-hydrogen) atoms. The van der Waals surface area contributed by atoms with Crippen LogP contribution in [0.2, 0.25) is 0 Å². The Labute approximate surface area is 123 Å². The van der Waals surface area contributed by atoms with E-state index in [1.807, 2.05) is 25.1 Å². The van der Waals surface area contributed by atoms with E-state index in [1.165, 1.54) is 0 Å². The van der Waals surface area contributed by atoms with Crippen molar-refractivity contribution < 1.29 is 14.3 Å². The quantitative estimate of drug-likeness (QED) is 0.905. The number of rotatable bonds is 5. The van der Waals surface area contributed by atoms with Crippen molar-refractivity contribution in [1.82, 2.24) is 5.32 Å². The van der Waals surface area contributed by atoms with Gasteiger partial charge in [-0.1, -0.05) is 12.1 Å². The van der Waals surface area contributed by atoms with Gasteiger partial charge in [-0.15, -0.1) is 11.8 Å². The number of thioether (sulfide) groups is 1. The molecule has 0 aromatic heterocycles. The van der Waals surface area contributed by atoms with Gasteiger partial charge in [-0.3, -0.25) is 4.79 Å². The highest BCUT2D eigenvalue weighted by atomic mass is 32.2. The predicted octanol–water partition coefficient (Wildman–Crippen LogP) is 2.36. The summed E-state index contributed by atoms with van der Waals surface area (Å²) in [5.41, 5.74) is 1.10. The highest BCUT2D eigenvalue weighted by Crippen LogP contribution is 2.36. The molecule has 0 bridgehead atoms. The summed E-state index contributed by atoms with van der Waals surface area (Å²) in [6, 6.07) is 6.35. The van der Waals surface area contributed by atoms with Crippen LogP contribution in [0.1, 0.15) is 25.3 Å². The Morgan fingerprint density at radius 2 is 2.20 bits per heavy atom. The Kier molecular flexibility index (Phi) is 4.05. The minimum atomic E-state index is -0.0454. The molecule has 1 N–H and O–H groups in total. The van der Waals surface area contributed by atoms with Crippen LogP contribution >= 0.6 is 11.8 Å². The van der Waals surface area contributed by atoms with Crippen molar-refractivity contribution >= 4 is 17.7 Å². The lowest BCUT2D eigenvalue weighted by Crippen LogP contribution is -2.32. The molecule has 4 nitrogen and oxygen atoms in total. The summed E-state index contributed by atoms with van der Waals surface area (Å²) in [4.78, 5) is 11.9. The van der Waals surface area contributed by atoms with Gasteiger partial charge in [0.15, 0.2) is 11.5 Å². The molecule has 0 saturated heterocycles. The van der Waals surface area contributed by atoms with Crippen LogP contribution in [0, 0.1) is 0 Å². The maximum absolute atomic E-state index is 11.9. The zero-order valence-corrected chi connectivity index (χ0v) is 12.4. The zero-order valence-electron chi connectivity index (χ0n) is 11.6. The molecule has 1 unspecified atom stereocenters. The Balaban J connectivity index is 1.58. The van der Waals surface area contributed by atoms with E-state index in [2.05, 4.69) is 5.32 Å². The lowest BCUT2D eigenvalue weighted by Gasteiger charge is -2.21. The second kappa shape index (κ2) is 5.95. The van der Waals surface area contributed by atoms with E-state index < -0.39 is 0 Å². The maximum atomic E-state index is 11.9. The number of nitrogens with one attached hydrogen (secondary N) is 1. The van der Waals surface area contributed by atoms with Crippen LogP contribution in [0.15, 0.2) is 18.2 Å². The number of para-hydroxylation sites is 1. The molecule has 5 heteroatoms. The van der Waals surface area contributed by atoms with E-state index in [1.54, 1.807) is 11.8 Å². The van der Waals surface area contributed by atoms with Crippen LogP contribution in [0.4, 0.5) is 0 Å². The van der Waals surface area contributed by atoms with Crippen LogP contribution in [0.3, 0.4) is 0 Å². The SMILES string of the molecule is CC(SCc1cccc2c1OCCO2)C(=O)NC1CC1. The number of amides is 1. The number of carbonyl (C=O) groups excluding carboxylic acids is 1. The average Bonchev–Trinajstić information content (AvgIpc) is 3.28. The summed E-state index contributed by atoms with van der Waals surface area (Å²) >= 11 is 1.63. The fourth-order valence-corrected chi connectivity index (χ4v) is 2.96. The molecule has 1 atom stereocenters. The van der Waals surface area contributed by atoms with E-state index in [0.29, 0.717) is 19.3 Å². The van der Waals surface area contributed by atoms with Gasteiger partial charge in [0.1, 0.15) is 13.2 Å². The molecule has 0 radical (unpaired) electrons. The summed E-state index contributed by atoms with van der Waals surface area (Å²) in [6.07, 6.45) is 2.25. The van der Waals surface area contributed by atoms with E-state index in [-0.39, 0.29) is 11.2 Å². The Hall–Kier alpha value is -1.36. The van der Waals surface area contributed by atoms with E-state index in [9.17, 15) is 4.79 Å². The molecule has 1 aromatic rings. The standard InChI is InChI=1S/C15H19NO3S/c1-10(15(17)16-12-5-6-12)20-9-11-3-2-4-13-14(11)19-8-7-18-13/h2-4,10,12H,5-9H2,1H3,(H,16,17). The molecule has 2 aliphatic rings. The second-order valence-electron chi connectivity index (χ2n) is 5.18. The highest BCUT2D eigenvalue weighted by molar-refractivity contribution is 7.99. The van der Waals surface area contributed by atoms with Crippen molar-refractivity contribution in [1.29, 1.82) is 0 Å². The number of hydrogen-bond acceptors (Lipinski definition) is 4. The first-order valence-electron chi connectivity index (χ1n) is 7.03. The number of fused-ring (bicyclic) bond motifs is 1. The lowest BCUT2D eigenvalue weighted by molar-refractivity contribution is -0.120. The van der Waals surface area contributed by atoms with Gasteiger partial charge in [-0.05, 0) is 25.8 Å². The average molecular weight is 293 g/mol. The molecule has 1 aliphatic heterocycles. The monoisotopic (exact) mass is 293 g/mol. The second-order valence-corrected chi connectivity index (χ2v) is 6.51. The fourth-order valence-electron chi connectivity index (χ4n) is 2.08. The summed E-state index contributed by atoms with van der Waals surface area (Å²) in [5, 5.41) is 2.99. The van der Waals surface area contributed by atoms with Crippen LogP contribution in [-0.2, 0) is 10.5 Å². The third kappa shape index (κ3) is 3.20. The van der Waals surface area contributed by atoms with Crippen molar-refractivity contribution in [2.24, 2.45) is 0 Å². The normalized spacial score (nSPS) is 18.4.